The molecule has 0 bridgehead atoms. The van der Waals surface area contributed by atoms with Crippen molar-refractivity contribution in [2.45, 2.75) is 12.8 Å². The van der Waals surface area contributed by atoms with E-state index in [9.17, 15) is 4.79 Å². The van der Waals surface area contributed by atoms with Crippen LogP contribution in [0.5, 0.6) is 0 Å². The van der Waals surface area contributed by atoms with Gasteiger partial charge in [-0.2, -0.15) is 0 Å². The second kappa shape index (κ2) is 7.37. The minimum atomic E-state index is 0.767. The number of aldehydes is 1. The van der Waals surface area contributed by atoms with Gasteiger partial charge in [0, 0.05) is 13.7 Å². The maximum atomic E-state index is 9.72. The number of carbonyl (C=O) groups excluding carboxylic acids is 1. The highest BCUT2D eigenvalue weighted by molar-refractivity contribution is 5.64. The van der Waals surface area contributed by atoms with Crippen molar-refractivity contribution in [1.29, 1.82) is 0 Å². The van der Waals surface area contributed by atoms with E-state index >= 15 is 0 Å². The molecule has 0 spiro atoms. The number of ether oxygens (including phenoxy) is 1. The zero-order valence-corrected chi connectivity index (χ0v) is 5.67. The molecule has 0 saturated carbocycles. The van der Waals surface area contributed by atoms with Crippen molar-refractivity contribution in [1.82, 2.24) is 0 Å². The summed E-state index contributed by atoms with van der Waals surface area (Å²) >= 11 is 0. The summed E-state index contributed by atoms with van der Waals surface area (Å²) < 4.78 is 4.80. The van der Waals surface area contributed by atoms with Gasteiger partial charge in [0.1, 0.15) is 6.29 Å². The van der Waals surface area contributed by atoms with Crippen LogP contribution in [0.1, 0.15) is 12.8 Å². The van der Waals surface area contributed by atoms with Crippen molar-refractivity contribution < 1.29 is 9.53 Å². The standard InChI is InChI=1S/C7H12O2/c1-9-7-5-3-2-4-6-8/h2,4,6H,3,5,7H2,1H3/b4-2-. The molecule has 0 amide bonds. The van der Waals surface area contributed by atoms with Crippen LogP contribution in [0.3, 0.4) is 0 Å². The maximum absolute atomic E-state index is 9.72. The first-order chi connectivity index (χ1) is 4.41. The molecule has 2 nitrogen and oxygen atoms in total. The van der Waals surface area contributed by atoms with Crippen LogP contribution in [-0.4, -0.2) is 20.0 Å². The summed E-state index contributed by atoms with van der Waals surface area (Å²) in [6, 6.07) is 0. The van der Waals surface area contributed by atoms with E-state index < -0.39 is 0 Å². The Kier molecular flexibility index (Phi) is 6.85. The molecular formula is C7H12O2. The normalized spacial score (nSPS) is 10.3. The highest BCUT2D eigenvalue weighted by Crippen LogP contribution is 1.89. The van der Waals surface area contributed by atoms with Crippen LogP contribution in [0.4, 0.5) is 0 Å². The van der Waals surface area contributed by atoms with Crippen LogP contribution in [0, 0.1) is 0 Å². The Labute approximate surface area is 55.5 Å². The number of unbranched alkanes of at least 4 members (excludes halogenated alkanes) is 1. The molecule has 0 aliphatic heterocycles. The fraction of sp³-hybridized carbons (Fsp3) is 0.571. The van der Waals surface area contributed by atoms with E-state index in [1.165, 1.54) is 6.08 Å². The molecule has 0 aromatic heterocycles. The van der Waals surface area contributed by atoms with E-state index in [2.05, 4.69) is 0 Å². The Morgan fingerprint density at radius 1 is 1.56 bits per heavy atom. The zero-order chi connectivity index (χ0) is 6.95. The summed E-state index contributed by atoms with van der Waals surface area (Å²) in [6.45, 7) is 0.767. The number of methoxy groups -OCH3 is 1. The predicted octanol–water partition coefficient (Wildman–Crippen LogP) is 1.17. The topological polar surface area (TPSA) is 26.3 Å². The molecule has 0 aliphatic rings. The summed E-state index contributed by atoms with van der Waals surface area (Å²) in [5.74, 6) is 0. The number of hydrogen-bond acceptors (Lipinski definition) is 2. The first-order valence-corrected chi connectivity index (χ1v) is 3.01. The van der Waals surface area contributed by atoms with E-state index in [-0.39, 0.29) is 0 Å². The van der Waals surface area contributed by atoms with Gasteiger partial charge in [-0.05, 0) is 18.9 Å². The van der Waals surface area contributed by atoms with Crippen LogP contribution < -0.4 is 0 Å². The van der Waals surface area contributed by atoms with Gasteiger partial charge in [-0.25, -0.2) is 0 Å². The van der Waals surface area contributed by atoms with E-state index in [0.29, 0.717) is 0 Å². The van der Waals surface area contributed by atoms with Crippen LogP contribution in [-0.2, 0) is 9.53 Å². The van der Waals surface area contributed by atoms with Crippen molar-refractivity contribution in [2.24, 2.45) is 0 Å². The van der Waals surface area contributed by atoms with E-state index in [0.717, 1.165) is 25.7 Å². The molecule has 0 aromatic rings. The first kappa shape index (κ1) is 8.37. The third-order valence-corrected chi connectivity index (χ3v) is 0.934. The van der Waals surface area contributed by atoms with E-state index in [1.807, 2.05) is 6.08 Å². The van der Waals surface area contributed by atoms with Crippen molar-refractivity contribution in [3.05, 3.63) is 12.2 Å². The van der Waals surface area contributed by atoms with Crippen molar-refractivity contribution >= 4 is 6.29 Å². The van der Waals surface area contributed by atoms with Gasteiger partial charge in [-0.1, -0.05) is 6.08 Å². The summed E-state index contributed by atoms with van der Waals surface area (Å²) in [5, 5.41) is 0. The number of allylic oxidation sites excluding steroid dienone is 2. The van der Waals surface area contributed by atoms with Gasteiger partial charge in [-0.15, -0.1) is 0 Å². The predicted molar refractivity (Wildman–Crippen MR) is 36.3 cm³/mol. The van der Waals surface area contributed by atoms with Gasteiger partial charge in [0.05, 0.1) is 0 Å². The SMILES string of the molecule is COCCC/C=C\C=O. The lowest BCUT2D eigenvalue weighted by atomic mass is 10.3. The molecule has 52 valence electrons. The molecule has 0 atom stereocenters. The Morgan fingerprint density at radius 2 is 2.33 bits per heavy atom. The van der Waals surface area contributed by atoms with Gasteiger partial charge < -0.3 is 4.74 Å². The lowest BCUT2D eigenvalue weighted by molar-refractivity contribution is -0.104. The Morgan fingerprint density at radius 3 is 2.89 bits per heavy atom. The molecule has 0 heterocycles. The molecule has 0 radical (unpaired) electrons. The molecule has 9 heavy (non-hydrogen) atoms. The molecule has 0 aromatic carbocycles. The molecule has 0 N–H and O–H groups in total. The third kappa shape index (κ3) is 7.37. The summed E-state index contributed by atoms with van der Waals surface area (Å²) in [6.07, 6.45) is 6.04. The van der Waals surface area contributed by atoms with Gasteiger partial charge in [0.2, 0.25) is 0 Å². The third-order valence-electron chi connectivity index (χ3n) is 0.934. The van der Waals surface area contributed by atoms with Gasteiger partial charge in [0.25, 0.3) is 0 Å². The second-order valence-corrected chi connectivity index (χ2v) is 1.70. The van der Waals surface area contributed by atoms with Crippen molar-refractivity contribution in [2.75, 3.05) is 13.7 Å². The molecule has 0 aliphatic carbocycles. The fourth-order valence-corrected chi connectivity index (χ4v) is 0.497. The monoisotopic (exact) mass is 128 g/mol. The number of carbonyl (C=O) groups is 1. The van der Waals surface area contributed by atoms with Crippen LogP contribution in [0.2, 0.25) is 0 Å². The number of hydrogen-bond donors (Lipinski definition) is 0. The Bertz CT molecular complexity index is 86.9. The largest absolute Gasteiger partial charge is 0.385 e. The Balaban J connectivity index is 2.90. The van der Waals surface area contributed by atoms with Crippen LogP contribution in [0.15, 0.2) is 12.2 Å². The average Bonchev–Trinajstić information content (AvgIpc) is 1.89. The highest BCUT2D eigenvalue weighted by atomic mass is 16.5. The van der Waals surface area contributed by atoms with E-state index in [4.69, 9.17) is 4.74 Å². The summed E-state index contributed by atoms with van der Waals surface area (Å²) in [5.41, 5.74) is 0. The molecule has 0 fully saturated rings. The second-order valence-electron chi connectivity index (χ2n) is 1.70. The van der Waals surface area contributed by atoms with Crippen molar-refractivity contribution in [3.8, 4) is 0 Å². The molecule has 0 saturated heterocycles. The van der Waals surface area contributed by atoms with Gasteiger partial charge in [-0.3, -0.25) is 4.79 Å². The average molecular weight is 128 g/mol. The maximum Gasteiger partial charge on any atom is 0.142 e. The minimum Gasteiger partial charge on any atom is -0.385 e. The van der Waals surface area contributed by atoms with Crippen LogP contribution >= 0.6 is 0 Å². The highest BCUT2D eigenvalue weighted by Gasteiger charge is 1.79. The van der Waals surface area contributed by atoms with E-state index in [1.54, 1.807) is 7.11 Å². The quantitative estimate of drug-likeness (QED) is 0.315. The lowest BCUT2D eigenvalue weighted by Crippen LogP contribution is -1.85. The summed E-state index contributed by atoms with van der Waals surface area (Å²) in [7, 11) is 1.67. The first-order valence-electron chi connectivity index (χ1n) is 3.01. The fourth-order valence-electron chi connectivity index (χ4n) is 0.497. The van der Waals surface area contributed by atoms with Crippen molar-refractivity contribution in [3.63, 3.8) is 0 Å². The molecular weight excluding hydrogens is 116 g/mol. The summed E-state index contributed by atoms with van der Waals surface area (Å²) in [4.78, 5) is 9.72. The van der Waals surface area contributed by atoms with Gasteiger partial charge in [0.15, 0.2) is 0 Å². The lowest BCUT2D eigenvalue weighted by Gasteiger charge is -1.91. The number of rotatable bonds is 5. The zero-order valence-electron chi connectivity index (χ0n) is 5.67. The van der Waals surface area contributed by atoms with Crippen LogP contribution in [0.25, 0.3) is 0 Å². The smallest absolute Gasteiger partial charge is 0.142 e. The molecule has 0 rings (SSSR count). The molecule has 0 unspecified atom stereocenters. The Hall–Kier alpha value is -0.630. The van der Waals surface area contributed by atoms with Gasteiger partial charge >= 0.3 is 0 Å². The molecule has 2 heteroatoms. The minimum absolute atomic E-state index is 0.767.